The van der Waals surface area contributed by atoms with E-state index >= 15 is 0 Å². The molecule has 0 fully saturated rings. The van der Waals surface area contributed by atoms with Crippen LogP contribution in [0.1, 0.15) is 58.4 Å². The van der Waals surface area contributed by atoms with Crippen LogP contribution in [0.4, 0.5) is 0 Å². The summed E-state index contributed by atoms with van der Waals surface area (Å²) in [4.78, 5) is 0. The van der Waals surface area contributed by atoms with Gasteiger partial charge in [0.1, 0.15) is 0 Å². The highest BCUT2D eigenvalue weighted by molar-refractivity contribution is 6.73. The summed E-state index contributed by atoms with van der Waals surface area (Å²) in [5.74, 6) is 6.71. The van der Waals surface area contributed by atoms with E-state index in [4.69, 9.17) is 4.43 Å². The molecule has 0 amide bonds. The van der Waals surface area contributed by atoms with E-state index in [0.29, 0.717) is 0 Å². The van der Waals surface area contributed by atoms with Crippen molar-refractivity contribution in [3.05, 3.63) is 47.5 Å². The minimum atomic E-state index is -1.60. The molecule has 0 saturated heterocycles. The van der Waals surface area contributed by atoms with E-state index < -0.39 is 8.32 Å². The van der Waals surface area contributed by atoms with Gasteiger partial charge < -0.3 is 4.43 Å². The molecule has 0 heterocycles. The van der Waals surface area contributed by atoms with Gasteiger partial charge in [-0.25, -0.2) is 0 Å². The molecule has 24 heavy (non-hydrogen) atoms. The van der Waals surface area contributed by atoms with Crippen molar-refractivity contribution < 1.29 is 4.43 Å². The molecular weight excluding hydrogens is 308 g/mol. The van der Waals surface area contributed by atoms with Gasteiger partial charge in [0.05, 0.1) is 6.10 Å². The lowest BCUT2D eigenvalue weighted by Gasteiger charge is -2.34. The molecule has 0 bridgehead atoms. The maximum absolute atomic E-state index is 6.83. The monoisotopic (exact) mass is 340 g/mol. The van der Waals surface area contributed by atoms with E-state index in [0.717, 1.165) is 12.0 Å². The summed E-state index contributed by atoms with van der Waals surface area (Å²) in [6, 6.07) is 13.9. The van der Waals surface area contributed by atoms with E-state index in [9.17, 15) is 0 Å². The van der Waals surface area contributed by atoms with Crippen molar-refractivity contribution in [3.8, 4) is 11.8 Å². The van der Waals surface area contributed by atoms with Crippen LogP contribution in [-0.4, -0.2) is 14.4 Å². The van der Waals surface area contributed by atoms with E-state index in [1.54, 1.807) is 0 Å². The third kappa shape index (κ3) is 5.36. The normalized spacial score (nSPS) is 16.0. The molecule has 1 aromatic carbocycles. The van der Waals surface area contributed by atoms with Gasteiger partial charge in [-0.1, -0.05) is 56.9 Å². The van der Waals surface area contributed by atoms with Crippen molar-refractivity contribution in [2.24, 2.45) is 0 Å². The molecule has 2 heteroatoms. The smallest absolute Gasteiger partial charge is 0.192 e. The van der Waals surface area contributed by atoms with E-state index in [1.165, 1.54) is 49.4 Å². The van der Waals surface area contributed by atoms with Crippen LogP contribution in [0.15, 0.2) is 42.0 Å². The Balaban J connectivity index is 2.14. The molecule has 1 nitrogen and oxygen atoms in total. The second-order valence-corrected chi connectivity index (χ2v) is 11.5. The predicted molar refractivity (Wildman–Crippen MR) is 107 cm³/mol. The lowest BCUT2D eigenvalue weighted by Crippen LogP contribution is -2.40. The molecule has 0 N–H and O–H groups in total. The fourth-order valence-corrected chi connectivity index (χ4v) is 6.31. The number of rotatable bonds is 7. The largest absolute Gasteiger partial charge is 0.409 e. The van der Waals surface area contributed by atoms with E-state index in [-0.39, 0.29) is 6.10 Å². The highest BCUT2D eigenvalue weighted by Gasteiger charge is 2.33. The summed E-state index contributed by atoms with van der Waals surface area (Å²) in [5, 5.41) is 0. The Labute approximate surface area is 149 Å². The van der Waals surface area contributed by atoms with Crippen molar-refractivity contribution in [2.75, 3.05) is 0 Å². The van der Waals surface area contributed by atoms with Crippen LogP contribution in [0.25, 0.3) is 0 Å². The molecule has 1 aromatic rings. The van der Waals surface area contributed by atoms with E-state index in [1.807, 2.05) is 18.2 Å². The van der Waals surface area contributed by atoms with Crippen molar-refractivity contribution >= 4 is 8.32 Å². The zero-order valence-electron chi connectivity index (χ0n) is 15.6. The zero-order valence-corrected chi connectivity index (χ0v) is 16.6. The molecule has 0 aromatic heterocycles. The Bertz CT molecular complexity index is 567. The first-order valence-electron chi connectivity index (χ1n) is 9.63. The summed E-state index contributed by atoms with van der Waals surface area (Å²) in [6.07, 6.45) is 8.50. The van der Waals surface area contributed by atoms with Crippen LogP contribution in [0.3, 0.4) is 0 Å². The third-order valence-electron chi connectivity index (χ3n) is 5.36. The predicted octanol–water partition coefficient (Wildman–Crippen LogP) is 6.32. The SMILES string of the molecule is CC[Si](CC)(CC)OC(CC#Cc1ccccc1)C1=CCCCC1. The number of benzene rings is 1. The molecule has 0 aliphatic heterocycles. The first-order chi connectivity index (χ1) is 11.7. The molecule has 0 radical (unpaired) electrons. The van der Waals surface area contributed by atoms with Gasteiger partial charge in [0.25, 0.3) is 0 Å². The summed E-state index contributed by atoms with van der Waals surface area (Å²) >= 11 is 0. The second-order valence-electron chi connectivity index (χ2n) is 6.75. The van der Waals surface area contributed by atoms with Gasteiger partial charge in [0, 0.05) is 12.0 Å². The lowest BCUT2D eigenvalue weighted by molar-refractivity contribution is 0.219. The van der Waals surface area contributed by atoms with Crippen LogP contribution >= 0.6 is 0 Å². The number of hydrogen-bond donors (Lipinski definition) is 0. The second kappa shape index (κ2) is 9.86. The minimum absolute atomic E-state index is 0.216. The highest BCUT2D eigenvalue weighted by Crippen LogP contribution is 2.30. The van der Waals surface area contributed by atoms with Gasteiger partial charge in [-0.2, -0.15) is 0 Å². The topological polar surface area (TPSA) is 9.23 Å². The van der Waals surface area contributed by atoms with Crippen molar-refractivity contribution in [2.45, 2.75) is 77.1 Å². The van der Waals surface area contributed by atoms with Gasteiger partial charge in [0.2, 0.25) is 0 Å². The van der Waals surface area contributed by atoms with Crippen molar-refractivity contribution in [1.29, 1.82) is 0 Å². The van der Waals surface area contributed by atoms with Gasteiger partial charge in [0.15, 0.2) is 8.32 Å². The van der Waals surface area contributed by atoms with Gasteiger partial charge in [-0.15, -0.1) is 0 Å². The molecule has 1 atom stereocenters. The van der Waals surface area contributed by atoms with Crippen LogP contribution < -0.4 is 0 Å². The molecule has 1 unspecified atom stereocenters. The maximum Gasteiger partial charge on any atom is 0.192 e. The summed E-state index contributed by atoms with van der Waals surface area (Å²) < 4.78 is 6.83. The minimum Gasteiger partial charge on any atom is -0.409 e. The standard InChI is InChI=1S/C22H32OSi/c1-4-24(5-2,6-3)23-22(21-17-11-8-12-18-21)19-13-16-20-14-9-7-10-15-20/h7,9-10,14-15,17,22H,4-6,8,11-12,18-19H2,1-3H3. The Morgan fingerprint density at radius 3 is 2.33 bits per heavy atom. The maximum atomic E-state index is 6.83. The van der Waals surface area contributed by atoms with Gasteiger partial charge >= 0.3 is 0 Å². The third-order valence-corrected chi connectivity index (χ3v) is 10.0. The summed E-state index contributed by atoms with van der Waals surface area (Å²) in [5.41, 5.74) is 2.61. The van der Waals surface area contributed by atoms with Crippen molar-refractivity contribution in [3.63, 3.8) is 0 Å². The van der Waals surface area contributed by atoms with Crippen LogP contribution in [-0.2, 0) is 4.43 Å². The summed E-state index contributed by atoms with van der Waals surface area (Å²) in [6.45, 7) is 6.92. The number of hydrogen-bond acceptors (Lipinski definition) is 1. The Morgan fingerprint density at radius 2 is 1.75 bits per heavy atom. The molecule has 130 valence electrons. The molecule has 1 aliphatic rings. The molecule has 0 spiro atoms. The first kappa shape index (κ1) is 19.0. The Morgan fingerprint density at radius 1 is 1.04 bits per heavy atom. The highest BCUT2D eigenvalue weighted by atomic mass is 28.4. The fourth-order valence-electron chi connectivity index (χ4n) is 3.47. The van der Waals surface area contributed by atoms with Crippen LogP contribution in [0.5, 0.6) is 0 Å². The lowest BCUT2D eigenvalue weighted by atomic mass is 9.94. The quantitative estimate of drug-likeness (QED) is 0.320. The number of allylic oxidation sites excluding steroid dienone is 1. The van der Waals surface area contributed by atoms with Crippen molar-refractivity contribution in [1.82, 2.24) is 0 Å². The Hall–Kier alpha value is -1.30. The average Bonchev–Trinajstić information content (AvgIpc) is 2.66. The first-order valence-corrected chi connectivity index (χ1v) is 12.2. The summed E-state index contributed by atoms with van der Waals surface area (Å²) in [7, 11) is -1.60. The average molecular weight is 341 g/mol. The fraction of sp³-hybridized carbons (Fsp3) is 0.545. The molecule has 2 rings (SSSR count). The van der Waals surface area contributed by atoms with Crippen LogP contribution in [0.2, 0.25) is 18.1 Å². The molecular formula is C22H32OSi. The molecule has 0 saturated carbocycles. The molecule has 1 aliphatic carbocycles. The van der Waals surface area contributed by atoms with Gasteiger partial charge in [-0.05, 0) is 61.5 Å². The van der Waals surface area contributed by atoms with Gasteiger partial charge in [-0.3, -0.25) is 0 Å². The Kier molecular flexibility index (Phi) is 7.82. The van der Waals surface area contributed by atoms with Crippen LogP contribution in [0, 0.1) is 11.8 Å². The zero-order chi connectivity index (χ0) is 17.3. The van der Waals surface area contributed by atoms with E-state index in [2.05, 4.69) is 50.8 Å².